The van der Waals surface area contributed by atoms with E-state index in [1.54, 1.807) is 33.3 Å². The Bertz CT molecular complexity index is 2400. The molecule has 52 heavy (non-hydrogen) atoms. The number of aryl methyl sites for hydroxylation is 1. The van der Waals surface area contributed by atoms with Crippen molar-refractivity contribution in [2.45, 2.75) is 13.8 Å². The summed E-state index contributed by atoms with van der Waals surface area (Å²) >= 11 is 0. The van der Waals surface area contributed by atoms with E-state index in [0.29, 0.717) is 23.7 Å². The van der Waals surface area contributed by atoms with E-state index in [9.17, 15) is 4.79 Å². The summed E-state index contributed by atoms with van der Waals surface area (Å²) in [4.78, 5) is 22.6. The van der Waals surface area contributed by atoms with E-state index < -0.39 is 0 Å². The topological polar surface area (TPSA) is 64.1 Å². The highest BCUT2D eigenvalue weighted by Gasteiger charge is 2.31. The zero-order chi connectivity index (χ0) is 35.8. The van der Waals surface area contributed by atoms with Crippen molar-refractivity contribution in [1.29, 1.82) is 0 Å². The van der Waals surface area contributed by atoms with E-state index >= 15 is 0 Å². The molecule has 2 heterocycles. The summed E-state index contributed by atoms with van der Waals surface area (Å²) in [5.41, 5.74) is 12.2. The number of ether oxygens (including phenoxy) is 3. The zero-order valence-corrected chi connectivity index (χ0v) is 29.5. The maximum atomic E-state index is 12.5. The van der Waals surface area contributed by atoms with Gasteiger partial charge in [0.15, 0.2) is 11.5 Å². The number of benzene rings is 6. The first-order chi connectivity index (χ1) is 25.5. The molecule has 0 spiro atoms. The fourth-order valence-electron chi connectivity index (χ4n) is 7.11. The molecular formula is C45H37N3O4. The summed E-state index contributed by atoms with van der Waals surface area (Å²) in [6.07, 6.45) is 0. The molecule has 0 atom stereocenters. The van der Waals surface area contributed by atoms with E-state index in [4.69, 9.17) is 19.2 Å². The summed E-state index contributed by atoms with van der Waals surface area (Å²) in [6, 6.07) is 47.4. The molecule has 0 aliphatic carbocycles. The predicted octanol–water partition coefficient (Wildman–Crippen LogP) is 11.3. The fourth-order valence-corrected chi connectivity index (χ4v) is 7.11. The van der Waals surface area contributed by atoms with Crippen LogP contribution >= 0.6 is 0 Å². The number of hydrogen-bond donors (Lipinski definition) is 0. The second kappa shape index (κ2) is 13.6. The number of nitrogens with zero attached hydrogens (tertiary/aromatic N) is 3. The van der Waals surface area contributed by atoms with Gasteiger partial charge >= 0.3 is 5.97 Å². The van der Waals surface area contributed by atoms with Crippen molar-refractivity contribution in [3.8, 4) is 33.9 Å². The van der Waals surface area contributed by atoms with Gasteiger partial charge in [0.1, 0.15) is 0 Å². The van der Waals surface area contributed by atoms with Gasteiger partial charge in [0.25, 0.3) is 0 Å². The third-order valence-corrected chi connectivity index (χ3v) is 9.52. The van der Waals surface area contributed by atoms with Crippen LogP contribution in [0.2, 0.25) is 0 Å². The van der Waals surface area contributed by atoms with Gasteiger partial charge in [-0.25, -0.2) is 9.78 Å². The number of esters is 1. The lowest BCUT2D eigenvalue weighted by atomic mass is 9.93. The Morgan fingerprint density at radius 3 is 1.83 bits per heavy atom. The second-order valence-corrected chi connectivity index (χ2v) is 12.5. The fraction of sp³-hybridized carbons (Fsp3) is 0.111. The third kappa shape index (κ3) is 5.57. The molecule has 0 amide bonds. The largest absolute Gasteiger partial charge is 0.493 e. The SMILES string of the molecule is CCOC(=O)c1ccc(-c2cc(-c3ccc(OC)c(OC)c3)c3c(C)ccc(N4c5ccccc5N(c5ccccc5)c5ccccc54)c3n2)cc1. The van der Waals surface area contributed by atoms with Crippen LogP contribution in [0, 0.1) is 6.92 Å². The standard InChI is InChI=1S/C45H37N3O4/c1-5-52-45(49)31-22-20-30(21-23-31)35-28-34(32-24-26-41(50-3)42(27-32)51-4)43-29(2)19-25-40(44(43)46-35)48-38-17-11-9-15-36(38)47(33-13-7-6-8-14-33)37-16-10-12-18-39(37)48/h6-28H,5H2,1-4H3. The molecule has 0 unspecified atom stereocenters. The monoisotopic (exact) mass is 683 g/mol. The first-order valence-corrected chi connectivity index (χ1v) is 17.3. The van der Waals surface area contributed by atoms with Crippen LogP contribution in [0.15, 0.2) is 140 Å². The predicted molar refractivity (Wildman–Crippen MR) is 209 cm³/mol. The van der Waals surface area contributed by atoms with Crippen LogP contribution in [0.25, 0.3) is 33.3 Å². The molecule has 7 nitrogen and oxygen atoms in total. The minimum absolute atomic E-state index is 0.315. The van der Waals surface area contributed by atoms with Crippen molar-refractivity contribution in [1.82, 2.24) is 4.98 Å². The summed E-state index contributed by atoms with van der Waals surface area (Å²) in [6.45, 7) is 4.25. The van der Waals surface area contributed by atoms with Crippen molar-refractivity contribution in [2.24, 2.45) is 0 Å². The molecule has 7 heteroatoms. The lowest BCUT2D eigenvalue weighted by Gasteiger charge is -2.40. The number of rotatable bonds is 8. The minimum atomic E-state index is -0.351. The quantitative estimate of drug-likeness (QED) is 0.148. The highest BCUT2D eigenvalue weighted by molar-refractivity contribution is 6.10. The highest BCUT2D eigenvalue weighted by Crippen LogP contribution is 2.55. The van der Waals surface area contributed by atoms with Crippen molar-refractivity contribution >= 4 is 51.0 Å². The molecule has 0 N–H and O–H groups in total. The number of aromatic nitrogens is 1. The first-order valence-electron chi connectivity index (χ1n) is 17.3. The van der Waals surface area contributed by atoms with Gasteiger partial charge in [-0.05, 0) is 103 Å². The molecule has 1 aliphatic rings. The Kier molecular flexibility index (Phi) is 8.53. The lowest BCUT2D eigenvalue weighted by Crippen LogP contribution is -2.24. The summed E-state index contributed by atoms with van der Waals surface area (Å²) in [5, 5.41) is 1.03. The van der Waals surface area contributed by atoms with Gasteiger partial charge < -0.3 is 24.0 Å². The molecule has 0 fully saturated rings. The van der Waals surface area contributed by atoms with Crippen LogP contribution in [0.5, 0.6) is 11.5 Å². The van der Waals surface area contributed by atoms with Crippen molar-refractivity contribution in [2.75, 3.05) is 30.6 Å². The van der Waals surface area contributed by atoms with Gasteiger partial charge in [-0.15, -0.1) is 0 Å². The average Bonchev–Trinajstić information content (AvgIpc) is 3.20. The van der Waals surface area contributed by atoms with Gasteiger partial charge in [-0.3, -0.25) is 0 Å². The number of anilines is 6. The Morgan fingerprint density at radius 1 is 0.615 bits per heavy atom. The van der Waals surface area contributed by atoms with Crippen LogP contribution < -0.4 is 19.3 Å². The number of para-hydroxylation sites is 5. The highest BCUT2D eigenvalue weighted by atomic mass is 16.5. The van der Waals surface area contributed by atoms with Gasteiger partial charge in [0.05, 0.1) is 66.0 Å². The van der Waals surface area contributed by atoms with Crippen LogP contribution in [-0.2, 0) is 4.74 Å². The molecule has 0 radical (unpaired) electrons. The van der Waals surface area contributed by atoms with Crippen LogP contribution in [0.4, 0.5) is 34.1 Å². The summed E-state index contributed by atoms with van der Waals surface area (Å²) in [5.74, 6) is 0.941. The number of methoxy groups -OCH3 is 2. The number of pyridine rings is 1. The maximum Gasteiger partial charge on any atom is 0.338 e. The molecule has 1 aromatic heterocycles. The molecule has 6 aromatic carbocycles. The van der Waals surface area contributed by atoms with Gasteiger partial charge in [0.2, 0.25) is 0 Å². The lowest BCUT2D eigenvalue weighted by molar-refractivity contribution is 0.0526. The molecule has 0 saturated heterocycles. The zero-order valence-electron chi connectivity index (χ0n) is 29.5. The molecule has 256 valence electrons. The number of carbonyl (C=O) groups excluding carboxylic acids is 1. The van der Waals surface area contributed by atoms with E-state index in [2.05, 4.69) is 114 Å². The van der Waals surface area contributed by atoms with E-state index in [0.717, 1.165) is 73.0 Å². The van der Waals surface area contributed by atoms with Crippen LogP contribution in [0.3, 0.4) is 0 Å². The molecular weight excluding hydrogens is 647 g/mol. The Morgan fingerprint density at radius 2 is 1.21 bits per heavy atom. The average molecular weight is 684 g/mol. The van der Waals surface area contributed by atoms with Crippen molar-refractivity contribution in [3.63, 3.8) is 0 Å². The van der Waals surface area contributed by atoms with E-state index in [-0.39, 0.29) is 5.97 Å². The number of carbonyl (C=O) groups is 1. The van der Waals surface area contributed by atoms with Gasteiger partial charge in [-0.2, -0.15) is 0 Å². The smallest absolute Gasteiger partial charge is 0.338 e. The number of fused-ring (bicyclic) bond motifs is 3. The van der Waals surface area contributed by atoms with Crippen molar-refractivity contribution in [3.05, 3.63) is 151 Å². The Hall–Kier alpha value is -6.60. The first kappa shape index (κ1) is 32.6. The normalized spacial score (nSPS) is 11.9. The van der Waals surface area contributed by atoms with Crippen LogP contribution in [-0.4, -0.2) is 31.8 Å². The van der Waals surface area contributed by atoms with E-state index in [1.807, 2.05) is 30.3 Å². The molecule has 8 rings (SSSR count). The number of hydrogen-bond acceptors (Lipinski definition) is 7. The Labute approximate surface area is 303 Å². The van der Waals surface area contributed by atoms with Gasteiger partial charge in [-0.1, -0.05) is 66.7 Å². The minimum Gasteiger partial charge on any atom is -0.493 e. The maximum absolute atomic E-state index is 12.5. The molecule has 7 aromatic rings. The molecule has 0 saturated carbocycles. The summed E-state index contributed by atoms with van der Waals surface area (Å²) in [7, 11) is 3.29. The summed E-state index contributed by atoms with van der Waals surface area (Å²) < 4.78 is 16.6. The second-order valence-electron chi connectivity index (χ2n) is 12.5. The molecule has 1 aliphatic heterocycles. The molecule has 0 bridgehead atoms. The van der Waals surface area contributed by atoms with Crippen LogP contribution in [0.1, 0.15) is 22.8 Å². The third-order valence-electron chi connectivity index (χ3n) is 9.52. The van der Waals surface area contributed by atoms with Crippen molar-refractivity contribution < 1.29 is 19.0 Å². The van der Waals surface area contributed by atoms with E-state index in [1.165, 1.54) is 0 Å². The Balaban J connectivity index is 1.40. The van der Waals surface area contributed by atoms with Gasteiger partial charge in [0, 0.05) is 16.6 Å².